The number of carbonyl (C=O) groups excluding carboxylic acids is 2. The van der Waals surface area contributed by atoms with E-state index in [0.717, 1.165) is 41.9 Å². The molecule has 1 N–H and O–H groups in total. The number of rotatable bonds is 3. The highest BCUT2D eigenvalue weighted by molar-refractivity contribution is 6.02. The molecular formula is C16H16F2N2O2. The molecule has 1 aromatic rings. The van der Waals surface area contributed by atoms with Gasteiger partial charge < -0.3 is 10.2 Å². The number of benzene rings is 1. The number of carbonyl (C=O) groups is 2. The van der Waals surface area contributed by atoms with Crippen LogP contribution in [0.15, 0.2) is 29.8 Å². The van der Waals surface area contributed by atoms with Gasteiger partial charge in [-0.1, -0.05) is 11.6 Å². The molecule has 1 aromatic carbocycles. The van der Waals surface area contributed by atoms with Crippen molar-refractivity contribution >= 4 is 17.5 Å². The molecule has 0 spiro atoms. The van der Waals surface area contributed by atoms with Crippen molar-refractivity contribution in [3.63, 3.8) is 0 Å². The van der Waals surface area contributed by atoms with Crippen molar-refractivity contribution < 1.29 is 18.4 Å². The van der Waals surface area contributed by atoms with Crippen LogP contribution in [0.2, 0.25) is 0 Å². The second-order valence-electron chi connectivity index (χ2n) is 5.57. The minimum absolute atomic E-state index is 0.179. The van der Waals surface area contributed by atoms with Crippen molar-refractivity contribution in [3.8, 4) is 0 Å². The molecule has 1 atom stereocenters. The van der Waals surface area contributed by atoms with Crippen LogP contribution in [0.1, 0.15) is 25.7 Å². The largest absolute Gasteiger partial charge is 0.341 e. The fraction of sp³-hybridized carbons (Fsp3) is 0.375. The lowest BCUT2D eigenvalue weighted by atomic mass is 9.92. The Morgan fingerprint density at radius 3 is 2.55 bits per heavy atom. The van der Waals surface area contributed by atoms with E-state index in [1.807, 2.05) is 0 Å². The number of para-hydroxylation sites is 1. The first kappa shape index (κ1) is 14.7. The first-order chi connectivity index (χ1) is 10.6. The third-order valence-corrected chi connectivity index (χ3v) is 4.06. The van der Waals surface area contributed by atoms with Crippen molar-refractivity contribution in [1.29, 1.82) is 0 Å². The van der Waals surface area contributed by atoms with Crippen molar-refractivity contribution in [3.05, 3.63) is 41.5 Å². The van der Waals surface area contributed by atoms with Gasteiger partial charge in [0.15, 0.2) is 0 Å². The van der Waals surface area contributed by atoms with Crippen molar-refractivity contribution in [2.75, 3.05) is 11.4 Å². The molecule has 2 aliphatic rings. The predicted octanol–water partition coefficient (Wildman–Crippen LogP) is 2.30. The molecule has 1 unspecified atom stereocenters. The molecule has 1 saturated heterocycles. The van der Waals surface area contributed by atoms with E-state index in [-0.39, 0.29) is 18.1 Å². The van der Waals surface area contributed by atoms with Gasteiger partial charge >= 0.3 is 0 Å². The van der Waals surface area contributed by atoms with Gasteiger partial charge in [-0.15, -0.1) is 0 Å². The van der Waals surface area contributed by atoms with E-state index >= 15 is 0 Å². The molecule has 0 bridgehead atoms. The third kappa shape index (κ3) is 2.73. The SMILES string of the molecule is O=C(C=C1CCC1)NC1CCN(c2c(F)cccc2F)C1=O. The number of halogens is 2. The zero-order chi connectivity index (χ0) is 15.7. The summed E-state index contributed by atoms with van der Waals surface area (Å²) in [5.74, 6) is -2.36. The monoisotopic (exact) mass is 306 g/mol. The molecule has 0 aromatic heterocycles. The molecule has 2 amide bonds. The Kier molecular flexibility index (Phi) is 3.92. The lowest BCUT2D eigenvalue weighted by Crippen LogP contribution is -2.41. The van der Waals surface area contributed by atoms with Crippen molar-refractivity contribution in [2.45, 2.75) is 31.7 Å². The summed E-state index contributed by atoms with van der Waals surface area (Å²) >= 11 is 0. The van der Waals surface area contributed by atoms with E-state index in [2.05, 4.69) is 5.32 Å². The molecule has 2 fully saturated rings. The maximum absolute atomic E-state index is 13.8. The number of nitrogens with zero attached hydrogens (tertiary/aromatic N) is 1. The number of allylic oxidation sites excluding steroid dienone is 1. The molecule has 4 nitrogen and oxygen atoms in total. The van der Waals surface area contributed by atoms with Gasteiger partial charge in [-0.2, -0.15) is 0 Å². The summed E-state index contributed by atoms with van der Waals surface area (Å²) in [6.07, 6.45) is 4.77. The number of nitrogens with one attached hydrogen (secondary N) is 1. The molecule has 116 valence electrons. The zero-order valence-electron chi connectivity index (χ0n) is 11.9. The van der Waals surface area contributed by atoms with Gasteiger partial charge in [0.25, 0.3) is 0 Å². The molecule has 0 radical (unpaired) electrons. The van der Waals surface area contributed by atoms with Crippen molar-refractivity contribution in [1.82, 2.24) is 5.32 Å². The molecule has 1 saturated carbocycles. The van der Waals surface area contributed by atoms with Crippen LogP contribution in [0.5, 0.6) is 0 Å². The number of hydrogen-bond acceptors (Lipinski definition) is 2. The van der Waals surface area contributed by atoms with Crippen LogP contribution >= 0.6 is 0 Å². The van der Waals surface area contributed by atoms with Gasteiger partial charge in [0.05, 0.1) is 0 Å². The summed E-state index contributed by atoms with van der Waals surface area (Å²) < 4.78 is 27.5. The summed E-state index contributed by atoms with van der Waals surface area (Å²) in [6, 6.07) is 2.74. The lowest BCUT2D eigenvalue weighted by Gasteiger charge is -2.19. The summed E-state index contributed by atoms with van der Waals surface area (Å²) in [7, 11) is 0. The molecule has 6 heteroatoms. The van der Waals surface area contributed by atoms with E-state index in [4.69, 9.17) is 0 Å². The average molecular weight is 306 g/mol. The normalized spacial score (nSPS) is 20.8. The summed E-state index contributed by atoms with van der Waals surface area (Å²) in [5.41, 5.74) is 0.724. The van der Waals surface area contributed by atoms with E-state index < -0.39 is 23.6 Å². The first-order valence-corrected chi connectivity index (χ1v) is 7.31. The van der Waals surface area contributed by atoms with Crippen LogP contribution < -0.4 is 10.2 Å². The number of amides is 2. The van der Waals surface area contributed by atoms with E-state index in [0.29, 0.717) is 6.42 Å². The highest BCUT2D eigenvalue weighted by atomic mass is 19.1. The second-order valence-corrected chi connectivity index (χ2v) is 5.57. The highest BCUT2D eigenvalue weighted by Gasteiger charge is 2.36. The fourth-order valence-electron chi connectivity index (χ4n) is 2.71. The Labute approximate surface area is 126 Å². The van der Waals surface area contributed by atoms with Crippen molar-refractivity contribution in [2.24, 2.45) is 0 Å². The predicted molar refractivity (Wildman–Crippen MR) is 77.2 cm³/mol. The summed E-state index contributed by atoms with van der Waals surface area (Å²) in [4.78, 5) is 25.2. The standard InChI is InChI=1S/C16H16F2N2O2/c17-11-5-2-6-12(18)15(11)20-8-7-13(16(20)22)19-14(21)9-10-3-1-4-10/h2,5-6,9,13H,1,3-4,7-8H2,(H,19,21). The van der Waals surface area contributed by atoms with Crippen LogP contribution in [0.4, 0.5) is 14.5 Å². The van der Waals surface area contributed by atoms with E-state index in [1.54, 1.807) is 0 Å². The summed E-state index contributed by atoms with van der Waals surface area (Å²) in [5, 5.41) is 2.61. The van der Waals surface area contributed by atoms with Crippen LogP contribution in [0.3, 0.4) is 0 Å². The Morgan fingerprint density at radius 2 is 1.95 bits per heavy atom. The highest BCUT2D eigenvalue weighted by Crippen LogP contribution is 2.28. The first-order valence-electron chi connectivity index (χ1n) is 7.31. The van der Waals surface area contributed by atoms with Gasteiger partial charge in [0.1, 0.15) is 23.4 Å². The molecule has 22 heavy (non-hydrogen) atoms. The van der Waals surface area contributed by atoms with Crippen LogP contribution in [0, 0.1) is 11.6 Å². The lowest BCUT2D eigenvalue weighted by molar-refractivity contribution is -0.123. The molecule has 3 rings (SSSR count). The van der Waals surface area contributed by atoms with Gasteiger partial charge in [-0.05, 0) is 37.8 Å². The van der Waals surface area contributed by atoms with Crippen LogP contribution in [-0.4, -0.2) is 24.4 Å². The van der Waals surface area contributed by atoms with E-state index in [9.17, 15) is 18.4 Å². The molecule has 1 heterocycles. The third-order valence-electron chi connectivity index (χ3n) is 4.06. The van der Waals surface area contributed by atoms with Gasteiger partial charge in [-0.25, -0.2) is 8.78 Å². The Balaban J connectivity index is 1.71. The minimum atomic E-state index is -0.781. The Morgan fingerprint density at radius 1 is 1.27 bits per heavy atom. The average Bonchev–Trinajstić information content (AvgIpc) is 2.76. The van der Waals surface area contributed by atoms with E-state index in [1.165, 1.54) is 12.1 Å². The second kappa shape index (κ2) is 5.87. The molecular weight excluding hydrogens is 290 g/mol. The number of anilines is 1. The smallest absolute Gasteiger partial charge is 0.249 e. The van der Waals surface area contributed by atoms with Crippen LogP contribution in [0.25, 0.3) is 0 Å². The minimum Gasteiger partial charge on any atom is -0.341 e. The Bertz CT molecular complexity index is 631. The number of hydrogen-bond donors (Lipinski definition) is 1. The van der Waals surface area contributed by atoms with Gasteiger partial charge in [0, 0.05) is 12.6 Å². The van der Waals surface area contributed by atoms with Gasteiger partial charge in [0.2, 0.25) is 11.8 Å². The quantitative estimate of drug-likeness (QED) is 0.871. The maximum atomic E-state index is 13.8. The molecule has 1 aliphatic carbocycles. The topological polar surface area (TPSA) is 49.4 Å². The Hall–Kier alpha value is -2.24. The zero-order valence-corrected chi connectivity index (χ0v) is 11.9. The molecule has 1 aliphatic heterocycles. The fourth-order valence-corrected chi connectivity index (χ4v) is 2.71. The van der Waals surface area contributed by atoms with Gasteiger partial charge in [-0.3, -0.25) is 9.59 Å². The maximum Gasteiger partial charge on any atom is 0.249 e. The summed E-state index contributed by atoms with van der Waals surface area (Å²) in [6.45, 7) is 0.179. The van der Waals surface area contributed by atoms with Crippen LogP contribution in [-0.2, 0) is 9.59 Å².